The van der Waals surface area contributed by atoms with Crippen LogP contribution in [0.3, 0.4) is 0 Å². The van der Waals surface area contributed by atoms with Crippen LogP contribution in [0.1, 0.15) is 0 Å². The van der Waals surface area contributed by atoms with Crippen molar-refractivity contribution in [2.45, 2.75) is 0 Å². The van der Waals surface area contributed by atoms with Gasteiger partial charge in [-0.05, 0) is 77.9 Å². The zero-order valence-corrected chi connectivity index (χ0v) is 34.0. The third-order valence-corrected chi connectivity index (χ3v) is 12.5. The van der Waals surface area contributed by atoms with Gasteiger partial charge in [0.1, 0.15) is 0 Å². The molecule has 0 unspecified atom stereocenters. The van der Waals surface area contributed by atoms with Crippen molar-refractivity contribution in [2.24, 2.45) is 0 Å². The summed E-state index contributed by atoms with van der Waals surface area (Å²) in [6, 6.07) is 77.5. The number of para-hydroxylation sites is 3. The summed E-state index contributed by atoms with van der Waals surface area (Å²) < 4.78 is 7.04. The lowest BCUT2D eigenvalue weighted by molar-refractivity contribution is 0.953. The molecule has 0 saturated heterocycles. The van der Waals surface area contributed by atoms with Gasteiger partial charge in [-0.25, -0.2) is 4.98 Å². The van der Waals surface area contributed by atoms with Gasteiger partial charge >= 0.3 is 0 Å². The molecule has 6 heteroatoms. The molecular weight excluding hydrogens is 769 g/mol. The van der Waals surface area contributed by atoms with E-state index in [-0.39, 0.29) is 0 Å². The first-order chi connectivity index (χ1) is 31.2. The highest BCUT2D eigenvalue weighted by Gasteiger charge is 2.23. The molecule has 0 saturated carbocycles. The van der Waals surface area contributed by atoms with Crippen molar-refractivity contribution in [3.8, 4) is 51.2 Å². The largest absolute Gasteiger partial charge is 0.309 e. The van der Waals surface area contributed by atoms with E-state index in [0.29, 0.717) is 17.6 Å². The first-order valence-electron chi connectivity index (χ1n) is 21.3. The molecule has 0 aliphatic carbocycles. The SMILES string of the molecule is c1ccc(-c2ccc3c(c2)c2cc4c(cc2n3-c2ccccc2)c2cc(-n3c5ccccc5c5ccccc53)ccc2n4-c2nc(-c3ccccc3)nc(-c3ccccc3)n2)cc1. The number of rotatable bonds is 6. The lowest BCUT2D eigenvalue weighted by Crippen LogP contribution is -2.06. The fourth-order valence-corrected chi connectivity index (χ4v) is 9.64. The van der Waals surface area contributed by atoms with Crippen LogP contribution in [-0.4, -0.2) is 28.7 Å². The number of hydrogen-bond acceptors (Lipinski definition) is 3. The molecule has 4 aromatic heterocycles. The minimum Gasteiger partial charge on any atom is -0.309 e. The third kappa shape index (κ3) is 5.55. The standard InChI is InChI=1S/C57H36N6/c1-5-17-37(18-6-1)40-29-31-51-45(33-40)47-36-54-48(35-53(47)61(51)41-23-11-4-12-24-41)46-34-42(62-49-27-15-13-25-43(49)44-26-14-16-28-50(44)62)30-32-52(46)63(54)57-59-55(38-19-7-2-8-20-38)58-56(60-57)39-21-9-3-10-22-39/h1-36H. The molecular formula is C57H36N6. The summed E-state index contributed by atoms with van der Waals surface area (Å²) in [4.78, 5) is 15.7. The van der Waals surface area contributed by atoms with Crippen molar-refractivity contribution in [2.75, 3.05) is 0 Å². The Kier molecular flexibility index (Phi) is 7.80. The molecule has 0 amide bonds. The summed E-state index contributed by atoms with van der Waals surface area (Å²) >= 11 is 0. The highest BCUT2D eigenvalue weighted by molar-refractivity contribution is 6.20. The molecule has 0 aliphatic heterocycles. The fraction of sp³-hybridized carbons (Fsp3) is 0. The van der Waals surface area contributed by atoms with Gasteiger partial charge in [0, 0.05) is 54.8 Å². The first-order valence-corrected chi connectivity index (χ1v) is 21.3. The van der Waals surface area contributed by atoms with Crippen molar-refractivity contribution in [3.05, 3.63) is 218 Å². The van der Waals surface area contributed by atoms with E-state index in [9.17, 15) is 0 Å². The van der Waals surface area contributed by atoms with Crippen molar-refractivity contribution in [1.29, 1.82) is 0 Å². The van der Waals surface area contributed by atoms with Crippen LogP contribution < -0.4 is 0 Å². The van der Waals surface area contributed by atoms with Gasteiger partial charge < -0.3 is 9.13 Å². The maximum Gasteiger partial charge on any atom is 0.238 e. The van der Waals surface area contributed by atoms with Gasteiger partial charge in [0.2, 0.25) is 5.95 Å². The zero-order chi connectivity index (χ0) is 41.4. The molecule has 294 valence electrons. The van der Waals surface area contributed by atoms with Crippen LogP contribution in [0.4, 0.5) is 0 Å². The molecule has 13 rings (SSSR count). The van der Waals surface area contributed by atoms with Gasteiger partial charge in [-0.15, -0.1) is 0 Å². The molecule has 63 heavy (non-hydrogen) atoms. The second kappa shape index (κ2) is 14.0. The Balaban J connectivity index is 1.17. The Morgan fingerprint density at radius 3 is 1.27 bits per heavy atom. The van der Waals surface area contributed by atoms with Crippen LogP contribution in [0.15, 0.2) is 218 Å². The Morgan fingerprint density at radius 2 is 0.667 bits per heavy atom. The fourth-order valence-electron chi connectivity index (χ4n) is 9.64. The van der Waals surface area contributed by atoms with E-state index in [4.69, 9.17) is 15.0 Å². The average Bonchev–Trinajstić information content (AvgIpc) is 3.99. The molecule has 0 atom stereocenters. The second-order valence-electron chi connectivity index (χ2n) is 16.1. The van der Waals surface area contributed by atoms with Gasteiger partial charge in [-0.3, -0.25) is 4.57 Å². The third-order valence-electron chi connectivity index (χ3n) is 12.5. The maximum absolute atomic E-state index is 5.31. The quantitative estimate of drug-likeness (QED) is 0.168. The predicted octanol–water partition coefficient (Wildman–Crippen LogP) is 14.2. The molecule has 0 fully saturated rings. The van der Waals surface area contributed by atoms with Crippen LogP contribution in [0.5, 0.6) is 0 Å². The monoisotopic (exact) mass is 804 g/mol. The van der Waals surface area contributed by atoms with Crippen molar-refractivity contribution in [3.63, 3.8) is 0 Å². The smallest absolute Gasteiger partial charge is 0.238 e. The minimum absolute atomic E-state index is 0.559. The van der Waals surface area contributed by atoms with Gasteiger partial charge in [0.15, 0.2) is 11.6 Å². The van der Waals surface area contributed by atoms with E-state index < -0.39 is 0 Å². The zero-order valence-electron chi connectivity index (χ0n) is 34.0. The Labute approximate surface area is 362 Å². The number of fused-ring (bicyclic) bond motifs is 9. The van der Waals surface area contributed by atoms with E-state index in [0.717, 1.165) is 60.7 Å². The van der Waals surface area contributed by atoms with Crippen molar-refractivity contribution in [1.82, 2.24) is 28.7 Å². The van der Waals surface area contributed by atoms with Gasteiger partial charge in [-0.1, -0.05) is 152 Å². The van der Waals surface area contributed by atoms with Crippen molar-refractivity contribution < 1.29 is 0 Å². The summed E-state index contributed by atoms with van der Waals surface area (Å²) in [6.07, 6.45) is 0. The molecule has 0 aliphatic rings. The van der Waals surface area contributed by atoms with Crippen LogP contribution >= 0.6 is 0 Å². The molecule has 0 radical (unpaired) electrons. The highest BCUT2D eigenvalue weighted by atomic mass is 15.2. The number of hydrogen-bond donors (Lipinski definition) is 0. The summed E-state index contributed by atoms with van der Waals surface area (Å²) in [5.41, 5.74) is 13.0. The highest BCUT2D eigenvalue weighted by Crippen LogP contribution is 2.42. The van der Waals surface area contributed by atoms with Crippen LogP contribution in [-0.2, 0) is 0 Å². The van der Waals surface area contributed by atoms with Gasteiger partial charge in [-0.2, -0.15) is 9.97 Å². The first kappa shape index (κ1) is 35.2. The molecule has 13 aromatic rings. The predicted molar refractivity (Wildman–Crippen MR) is 259 cm³/mol. The van der Waals surface area contributed by atoms with Gasteiger partial charge in [0.25, 0.3) is 0 Å². The Morgan fingerprint density at radius 1 is 0.238 bits per heavy atom. The molecule has 0 N–H and O–H groups in total. The van der Waals surface area contributed by atoms with E-state index >= 15 is 0 Å². The Hall–Kier alpha value is -8.61. The lowest BCUT2D eigenvalue weighted by Gasteiger charge is -2.12. The summed E-state index contributed by atoms with van der Waals surface area (Å²) in [6.45, 7) is 0. The minimum atomic E-state index is 0.559. The maximum atomic E-state index is 5.31. The van der Waals surface area contributed by atoms with E-state index in [1.54, 1.807) is 0 Å². The topological polar surface area (TPSA) is 53.5 Å². The van der Waals surface area contributed by atoms with Crippen LogP contribution in [0.2, 0.25) is 0 Å². The summed E-state index contributed by atoms with van der Waals surface area (Å²) in [5, 5.41) is 6.98. The second-order valence-corrected chi connectivity index (χ2v) is 16.1. The number of benzene rings is 9. The van der Waals surface area contributed by atoms with E-state index in [2.05, 4.69) is 196 Å². The number of aromatic nitrogens is 6. The lowest BCUT2D eigenvalue weighted by atomic mass is 10.0. The molecule has 4 heterocycles. The molecule has 0 bridgehead atoms. The van der Waals surface area contributed by atoms with Crippen LogP contribution in [0.25, 0.3) is 117 Å². The summed E-state index contributed by atoms with van der Waals surface area (Å²) in [5.74, 6) is 1.79. The summed E-state index contributed by atoms with van der Waals surface area (Å²) in [7, 11) is 0. The molecule has 6 nitrogen and oxygen atoms in total. The molecule has 9 aromatic carbocycles. The average molecular weight is 805 g/mol. The molecule has 0 spiro atoms. The van der Waals surface area contributed by atoms with E-state index in [1.165, 1.54) is 38.3 Å². The normalized spacial score (nSPS) is 11.8. The van der Waals surface area contributed by atoms with Gasteiger partial charge in [0.05, 0.1) is 33.1 Å². The number of nitrogens with zero attached hydrogens (tertiary/aromatic N) is 6. The van der Waals surface area contributed by atoms with Crippen LogP contribution in [0, 0.1) is 0 Å². The Bertz CT molecular complexity index is 3770. The van der Waals surface area contributed by atoms with E-state index in [1.807, 2.05) is 36.4 Å². The van der Waals surface area contributed by atoms with Crippen molar-refractivity contribution >= 4 is 65.4 Å².